The molecule has 2 N–H and O–H groups in total. The van der Waals surface area contributed by atoms with Gasteiger partial charge in [0.15, 0.2) is 0 Å². The fourth-order valence-corrected chi connectivity index (χ4v) is 1.85. The molecule has 0 radical (unpaired) electrons. The molecule has 0 saturated carbocycles. The van der Waals surface area contributed by atoms with Crippen LogP contribution >= 0.6 is 12.2 Å². The minimum atomic E-state index is 0.431. The second-order valence-corrected chi connectivity index (χ2v) is 4.27. The highest BCUT2D eigenvalue weighted by molar-refractivity contribution is 7.80. The van der Waals surface area contributed by atoms with Crippen LogP contribution in [0.2, 0.25) is 0 Å². The summed E-state index contributed by atoms with van der Waals surface area (Å²) >= 11 is 4.97. The van der Waals surface area contributed by atoms with Crippen molar-refractivity contribution in [3.05, 3.63) is 47.3 Å². The zero-order valence-corrected chi connectivity index (χ0v) is 10.1. The summed E-state index contributed by atoms with van der Waals surface area (Å²) in [4.78, 5) is 0.431. The maximum Gasteiger partial charge on any atom is 0.104 e. The SMILES string of the molecule is Cc1cnn(-c2ccc(C(N)=S)c(C)c2)c1. The highest BCUT2D eigenvalue weighted by Crippen LogP contribution is 2.14. The maximum atomic E-state index is 5.62. The fourth-order valence-electron chi connectivity index (χ4n) is 1.62. The highest BCUT2D eigenvalue weighted by Gasteiger charge is 2.04. The number of nitrogens with two attached hydrogens (primary N) is 1. The standard InChI is InChI=1S/C12H13N3S/c1-8-6-14-15(7-8)10-3-4-11(12(13)16)9(2)5-10/h3-7H,1-2H3,(H2,13,16). The predicted molar refractivity (Wildman–Crippen MR) is 68.9 cm³/mol. The van der Waals surface area contributed by atoms with Crippen LogP contribution in [-0.2, 0) is 0 Å². The van der Waals surface area contributed by atoms with Gasteiger partial charge in [0, 0.05) is 11.8 Å². The minimum absolute atomic E-state index is 0.431. The lowest BCUT2D eigenvalue weighted by Gasteiger charge is -2.07. The van der Waals surface area contributed by atoms with E-state index in [9.17, 15) is 0 Å². The molecule has 0 aliphatic heterocycles. The van der Waals surface area contributed by atoms with E-state index >= 15 is 0 Å². The number of nitrogens with zero attached hydrogens (tertiary/aromatic N) is 2. The first kappa shape index (κ1) is 10.8. The second-order valence-electron chi connectivity index (χ2n) is 3.83. The molecule has 3 nitrogen and oxygen atoms in total. The van der Waals surface area contributed by atoms with E-state index in [0.29, 0.717) is 4.99 Å². The van der Waals surface area contributed by atoms with Gasteiger partial charge in [0.25, 0.3) is 0 Å². The molecule has 16 heavy (non-hydrogen) atoms. The molecule has 0 amide bonds. The van der Waals surface area contributed by atoms with Crippen LogP contribution in [0, 0.1) is 13.8 Å². The third-order valence-corrected chi connectivity index (χ3v) is 2.67. The molecule has 0 spiro atoms. The average molecular weight is 231 g/mol. The lowest BCUT2D eigenvalue weighted by Crippen LogP contribution is -2.11. The van der Waals surface area contributed by atoms with Gasteiger partial charge in [0.1, 0.15) is 4.99 Å². The summed E-state index contributed by atoms with van der Waals surface area (Å²) in [5.74, 6) is 0. The Morgan fingerprint density at radius 3 is 2.62 bits per heavy atom. The minimum Gasteiger partial charge on any atom is -0.389 e. The van der Waals surface area contributed by atoms with E-state index in [2.05, 4.69) is 5.10 Å². The first-order valence-corrected chi connectivity index (χ1v) is 5.41. The van der Waals surface area contributed by atoms with Crippen molar-refractivity contribution in [2.75, 3.05) is 0 Å². The lowest BCUT2D eigenvalue weighted by molar-refractivity contribution is 0.878. The summed E-state index contributed by atoms with van der Waals surface area (Å²) in [6.45, 7) is 4.01. The van der Waals surface area contributed by atoms with Gasteiger partial charge < -0.3 is 5.73 Å². The number of hydrogen-bond donors (Lipinski definition) is 1. The van der Waals surface area contributed by atoms with E-state index in [1.54, 1.807) is 0 Å². The van der Waals surface area contributed by atoms with Crippen LogP contribution < -0.4 is 5.73 Å². The molecule has 82 valence electrons. The molecule has 0 unspecified atom stereocenters. The van der Waals surface area contributed by atoms with Crippen molar-refractivity contribution < 1.29 is 0 Å². The fraction of sp³-hybridized carbons (Fsp3) is 0.167. The third kappa shape index (κ3) is 1.97. The Morgan fingerprint density at radius 1 is 1.38 bits per heavy atom. The van der Waals surface area contributed by atoms with Gasteiger partial charge in [-0.05, 0) is 43.2 Å². The second kappa shape index (κ2) is 4.06. The molecule has 1 aromatic heterocycles. The van der Waals surface area contributed by atoms with Crippen molar-refractivity contribution in [3.8, 4) is 5.69 Å². The predicted octanol–water partition coefficient (Wildman–Crippen LogP) is 2.12. The Bertz CT molecular complexity index is 543. The number of benzene rings is 1. The normalized spacial score (nSPS) is 10.4. The Morgan fingerprint density at radius 2 is 2.12 bits per heavy atom. The summed E-state index contributed by atoms with van der Waals surface area (Å²) < 4.78 is 1.84. The van der Waals surface area contributed by atoms with Crippen LogP contribution in [-0.4, -0.2) is 14.8 Å². The van der Waals surface area contributed by atoms with E-state index in [1.807, 2.05) is 49.1 Å². The van der Waals surface area contributed by atoms with Crippen molar-refractivity contribution in [2.24, 2.45) is 5.73 Å². The first-order chi connectivity index (χ1) is 7.58. The van der Waals surface area contributed by atoms with Crippen molar-refractivity contribution in [3.63, 3.8) is 0 Å². The largest absolute Gasteiger partial charge is 0.389 e. The molecule has 4 heteroatoms. The van der Waals surface area contributed by atoms with Crippen LogP contribution in [0.25, 0.3) is 5.69 Å². The molecule has 1 heterocycles. The molecule has 0 saturated heterocycles. The van der Waals surface area contributed by atoms with Crippen molar-refractivity contribution in [1.82, 2.24) is 9.78 Å². The smallest absolute Gasteiger partial charge is 0.104 e. The monoisotopic (exact) mass is 231 g/mol. The molecule has 0 fully saturated rings. The molecule has 0 aliphatic rings. The van der Waals surface area contributed by atoms with Crippen molar-refractivity contribution in [2.45, 2.75) is 13.8 Å². The van der Waals surface area contributed by atoms with E-state index in [4.69, 9.17) is 18.0 Å². The number of aryl methyl sites for hydroxylation is 2. The molecule has 2 aromatic rings. The van der Waals surface area contributed by atoms with Gasteiger partial charge in [-0.3, -0.25) is 0 Å². The molecule has 0 aliphatic carbocycles. The van der Waals surface area contributed by atoms with Gasteiger partial charge in [-0.2, -0.15) is 5.10 Å². The zero-order valence-electron chi connectivity index (χ0n) is 9.27. The van der Waals surface area contributed by atoms with Crippen LogP contribution in [0.3, 0.4) is 0 Å². The van der Waals surface area contributed by atoms with Crippen LogP contribution in [0.4, 0.5) is 0 Å². The summed E-state index contributed by atoms with van der Waals surface area (Å²) in [5.41, 5.74) is 9.76. The number of hydrogen-bond acceptors (Lipinski definition) is 2. The molecular formula is C12H13N3S. The first-order valence-electron chi connectivity index (χ1n) is 5.00. The van der Waals surface area contributed by atoms with E-state index in [-0.39, 0.29) is 0 Å². The van der Waals surface area contributed by atoms with E-state index in [0.717, 1.165) is 22.4 Å². The van der Waals surface area contributed by atoms with Gasteiger partial charge >= 0.3 is 0 Å². The Kier molecular flexibility index (Phi) is 2.75. The maximum absolute atomic E-state index is 5.62. The average Bonchev–Trinajstić information content (AvgIpc) is 2.64. The Balaban J connectivity index is 2.45. The third-order valence-electron chi connectivity index (χ3n) is 2.45. The number of rotatable bonds is 2. The molecule has 1 aromatic carbocycles. The summed E-state index contributed by atoms with van der Waals surface area (Å²) in [6, 6.07) is 5.93. The quantitative estimate of drug-likeness (QED) is 0.805. The highest BCUT2D eigenvalue weighted by atomic mass is 32.1. The van der Waals surface area contributed by atoms with Gasteiger partial charge in [-0.25, -0.2) is 4.68 Å². The topological polar surface area (TPSA) is 43.8 Å². The van der Waals surface area contributed by atoms with E-state index < -0.39 is 0 Å². The summed E-state index contributed by atoms with van der Waals surface area (Å²) in [7, 11) is 0. The van der Waals surface area contributed by atoms with Crippen molar-refractivity contribution in [1.29, 1.82) is 0 Å². The van der Waals surface area contributed by atoms with Gasteiger partial charge in [-0.15, -0.1) is 0 Å². The van der Waals surface area contributed by atoms with E-state index in [1.165, 1.54) is 0 Å². The van der Waals surface area contributed by atoms with Gasteiger partial charge in [0.2, 0.25) is 0 Å². The zero-order chi connectivity index (χ0) is 11.7. The van der Waals surface area contributed by atoms with Crippen LogP contribution in [0.5, 0.6) is 0 Å². The van der Waals surface area contributed by atoms with Crippen molar-refractivity contribution >= 4 is 17.2 Å². The molecular weight excluding hydrogens is 218 g/mol. The Labute approximate surface area is 99.9 Å². The Hall–Kier alpha value is -1.68. The molecule has 0 bridgehead atoms. The molecule has 0 atom stereocenters. The van der Waals surface area contributed by atoms with Gasteiger partial charge in [-0.1, -0.05) is 12.2 Å². The lowest BCUT2D eigenvalue weighted by atomic mass is 10.1. The summed E-state index contributed by atoms with van der Waals surface area (Å²) in [5, 5.41) is 4.25. The van der Waals surface area contributed by atoms with Crippen LogP contribution in [0.15, 0.2) is 30.6 Å². The molecule has 2 rings (SSSR count). The van der Waals surface area contributed by atoms with Crippen LogP contribution in [0.1, 0.15) is 16.7 Å². The number of aromatic nitrogens is 2. The summed E-state index contributed by atoms with van der Waals surface area (Å²) in [6.07, 6.45) is 3.81. The van der Waals surface area contributed by atoms with Gasteiger partial charge in [0.05, 0.1) is 11.9 Å². The number of thiocarbonyl (C=S) groups is 1.